The van der Waals surface area contributed by atoms with Gasteiger partial charge in [-0.1, -0.05) is 12.1 Å². The zero-order valence-corrected chi connectivity index (χ0v) is 20.6. The van der Waals surface area contributed by atoms with E-state index >= 15 is 0 Å². The highest BCUT2D eigenvalue weighted by molar-refractivity contribution is 6.02. The second kappa shape index (κ2) is 10.2. The van der Waals surface area contributed by atoms with Crippen LogP contribution in [-0.2, 0) is 22.6 Å². The second-order valence-corrected chi connectivity index (χ2v) is 10.2. The summed E-state index contributed by atoms with van der Waals surface area (Å²) < 4.78 is 42.4. The Morgan fingerprint density at radius 3 is 2.26 bits per heavy atom. The first kappa shape index (κ1) is 25.9. The molecule has 2 bridgehead atoms. The van der Waals surface area contributed by atoms with Gasteiger partial charge in [-0.05, 0) is 73.8 Å². The third kappa shape index (κ3) is 4.79. The van der Waals surface area contributed by atoms with Gasteiger partial charge in [-0.25, -0.2) is 13.2 Å². The Morgan fingerprint density at radius 1 is 0.974 bits per heavy atom. The number of halogens is 3. The lowest BCUT2D eigenvalue weighted by Crippen LogP contribution is -2.46. The van der Waals surface area contributed by atoms with E-state index in [-0.39, 0.29) is 67.1 Å². The van der Waals surface area contributed by atoms with Crippen molar-refractivity contribution in [1.82, 2.24) is 9.80 Å². The van der Waals surface area contributed by atoms with Crippen LogP contribution in [0, 0.1) is 29.8 Å². The Morgan fingerprint density at radius 2 is 1.63 bits per heavy atom. The average Bonchev–Trinajstić information content (AvgIpc) is 3.34. The second-order valence-electron chi connectivity index (χ2n) is 10.2. The molecule has 0 aliphatic carbocycles. The molecule has 0 unspecified atom stereocenters. The number of carbonyl (C=O) groups excluding carboxylic acids is 4. The van der Waals surface area contributed by atoms with Crippen LogP contribution in [0.15, 0.2) is 30.3 Å². The normalized spacial score (nSPS) is 22.9. The van der Waals surface area contributed by atoms with Crippen molar-refractivity contribution in [3.63, 3.8) is 0 Å². The average molecular weight is 527 g/mol. The van der Waals surface area contributed by atoms with E-state index in [9.17, 15) is 32.3 Å². The van der Waals surface area contributed by atoms with Gasteiger partial charge < -0.3 is 10.6 Å². The first-order valence-corrected chi connectivity index (χ1v) is 12.7. The van der Waals surface area contributed by atoms with E-state index < -0.39 is 28.9 Å². The fourth-order valence-electron chi connectivity index (χ4n) is 5.99. The predicted octanol–water partition coefficient (Wildman–Crippen LogP) is 3.68. The molecular weight excluding hydrogens is 499 g/mol. The molecule has 7 nitrogen and oxygen atoms in total. The van der Waals surface area contributed by atoms with E-state index in [0.29, 0.717) is 24.0 Å². The van der Waals surface area contributed by atoms with Crippen molar-refractivity contribution in [2.75, 3.05) is 0 Å². The summed E-state index contributed by atoms with van der Waals surface area (Å²) in [6, 6.07) is 7.67. The highest BCUT2D eigenvalue weighted by Gasteiger charge is 2.43. The van der Waals surface area contributed by atoms with Gasteiger partial charge in [0.15, 0.2) is 11.6 Å². The molecule has 0 saturated carbocycles. The lowest BCUT2D eigenvalue weighted by Gasteiger charge is -2.39. The molecule has 2 aromatic rings. The van der Waals surface area contributed by atoms with Crippen LogP contribution in [0.1, 0.15) is 70.4 Å². The first-order chi connectivity index (χ1) is 18.1. The Labute approximate surface area is 217 Å². The zero-order chi connectivity index (χ0) is 27.1. The van der Waals surface area contributed by atoms with Crippen molar-refractivity contribution in [3.8, 4) is 0 Å². The van der Waals surface area contributed by atoms with Crippen molar-refractivity contribution < 1.29 is 32.3 Å². The van der Waals surface area contributed by atoms with Gasteiger partial charge in [0, 0.05) is 30.5 Å². The summed E-state index contributed by atoms with van der Waals surface area (Å²) in [5.41, 5.74) is 5.00. The van der Waals surface area contributed by atoms with Crippen LogP contribution in [0.2, 0.25) is 0 Å². The number of fused-ring (bicyclic) bond motifs is 2. The van der Waals surface area contributed by atoms with Crippen LogP contribution in [0.25, 0.3) is 0 Å². The molecular formula is C28H27F3N3O4. The topological polar surface area (TPSA) is 101 Å². The third-order valence-corrected chi connectivity index (χ3v) is 7.82. The molecule has 3 aliphatic rings. The van der Waals surface area contributed by atoms with Crippen LogP contribution in [0.4, 0.5) is 13.2 Å². The van der Waals surface area contributed by atoms with Gasteiger partial charge in [0.1, 0.15) is 11.4 Å². The predicted molar refractivity (Wildman–Crippen MR) is 130 cm³/mol. The molecule has 2 aromatic carbocycles. The molecule has 10 heteroatoms. The lowest BCUT2D eigenvalue weighted by molar-refractivity contribution is -0.139. The number of likely N-dealkylation sites (tertiary alicyclic amines) is 1. The number of amides is 4. The van der Waals surface area contributed by atoms with E-state index in [4.69, 9.17) is 5.73 Å². The van der Waals surface area contributed by atoms with Crippen molar-refractivity contribution >= 4 is 23.6 Å². The molecule has 0 aromatic heterocycles. The highest BCUT2D eigenvalue weighted by Crippen LogP contribution is 2.41. The standard InChI is InChI=1S/C28H27F3N3O4/c29-21-13-17(25(30)24(26(21)31)27(32)37)5-4-15-11-19-6-7-20(12-15)34(19)28(38)18-3-1-2-16(10-18)14-33-22(35)8-9-23(33)36/h1-4,10,13,15,19-20H,5-9,11-12,14H2,(H2,32,37)/t15-,19-,20+. The Kier molecular flexibility index (Phi) is 6.98. The molecule has 3 saturated heterocycles. The maximum atomic E-state index is 14.6. The van der Waals surface area contributed by atoms with E-state index in [2.05, 4.69) is 0 Å². The largest absolute Gasteiger partial charge is 0.365 e. The SMILES string of the molecule is NC(=O)c1c(F)c(F)cc(C[CH][C@@H]2C[C@H]3CC[C@@H](C2)N3C(=O)c2cccc(CN3C(=O)CCC3=O)c2)c1F. The summed E-state index contributed by atoms with van der Waals surface area (Å²) >= 11 is 0. The van der Waals surface area contributed by atoms with Crippen molar-refractivity contribution in [1.29, 1.82) is 0 Å². The molecule has 3 fully saturated rings. The zero-order valence-electron chi connectivity index (χ0n) is 20.6. The smallest absolute Gasteiger partial charge is 0.254 e. The number of hydrogen-bond donors (Lipinski definition) is 1. The van der Waals surface area contributed by atoms with Gasteiger partial charge in [-0.3, -0.25) is 24.1 Å². The van der Waals surface area contributed by atoms with Crippen LogP contribution in [0.5, 0.6) is 0 Å². The number of nitrogens with zero attached hydrogens (tertiary/aromatic N) is 2. The number of primary amides is 1. The third-order valence-electron chi connectivity index (χ3n) is 7.82. The molecule has 2 N–H and O–H groups in total. The van der Waals surface area contributed by atoms with Crippen LogP contribution in [0.3, 0.4) is 0 Å². The van der Waals surface area contributed by atoms with Crippen LogP contribution >= 0.6 is 0 Å². The fraction of sp³-hybridized carbons (Fsp3) is 0.393. The number of benzene rings is 2. The van der Waals surface area contributed by atoms with Gasteiger partial charge in [0.25, 0.3) is 11.8 Å². The van der Waals surface area contributed by atoms with E-state index in [1.165, 1.54) is 4.90 Å². The molecule has 3 heterocycles. The van der Waals surface area contributed by atoms with Gasteiger partial charge in [-0.2, -0.15) is 0 Å². The lowest BCUT2D eigenvalue weighted by atomic mass is 9.85. The van der Waals surface area contributed by atoms with Crippen LogP contribution in [-0.4, -0.2) is 45.5 Å². The summed E-state index contributed by atoms with van der Waals surface area (Å²) in [4.78, 5) is 51.9. The maximum Gasteiger partial charge on any atom is 0.254 e. The quantitative estimate of drug-likeness (QED) is 0.439. The molecule has 5 rings (SSSR count). The number of hydrogen-bond acceptors (Lipinski definition) is 4. The number of piperidine rings is 1. The summed E-state index contributed by atoms with van der Waals surface area (Å²) in [6.45, 7) is 0.140. The Hall–Kier alpha value is -3.69. The van der Waals surface area contributed by atoms with E-state index in [0.717, 1.165) is 18.9 Å². The number of carbonyl (C=O) groups is 4. The summed E-state index contributed by atoms with van der Waals surface area (Å²) in [5, 5.41) is 0. The van der Waals surface area contributed by atoms with Gasteiger partial charge >= 0.3 is 0 Å². The monoisotopic (exact) mass is 526 g/mol. The Bertz CT molecular complexity index is 1300. The number of imide groups is 1. The first-order valence-electron chi connectivity index (χ1n) is 12.7. The number of rotatable bonds is 7. The minimum absolute atomic E-state index is 0.00263. The molecule has 1 radical (unpaired) electrons. The van der Waals surface area contributed by atoms with Gasteiger partial charge in [0.2, 0.25) is 11.8 Å². The molecule has 3 atom stereocenters. The van der Waals surface area contributed by atoms with Gasteiger partial charge in [-0.15, -0.1) is 0 Å². The maximum absolute atomic E-state index is 14.6. The van der Waals surface area contributed by atoms with Crippen molar-refractivity contribution in [2.24, 2.45) is 11.7 Å². The summed E-state index contributed by atoms with van der Waals surface area (Å²) in [7, 11) is 0. The minimum atomic E-state index is -1.59. The molecule has 38 heavy (non-hydrogen) atoms. The van der Waals surface area contributed by atoms with Crippen LogP contribution < -0.4 is 5.73 Å². The minimum Gasteiger partial charge on any atom is -0.365 e. The van der Waals surface area contributed by atoms with Crippen molar-refractivity contribution in [2.45, 2.75) is 63.6 Å². The fourth-order valence-corrected chi connectivity index (χ4v) is 5.99. The molecule has 0 spiro atoms. The summed E-state index contributed by atoms with van der Waals surface area (Å²) in [5.74, 6) is -5.95. The van der Waals surface area contributed by atoms with E-state index in [1.807, 2.05) is 11.3 Å². The van der Waals surface area contributed by atoms with E-state index in [1.54, 1.807) is 24.3 Å². The Balaban J connectivity index is 1.25. The highest BCUT2D eigenvalue weighted by atomic mass is 19.2. The number of nitrogens with two attached hydrogens (primary N) is 1. The van der Waals surface area contributed by atoms with Gasteiger partial charge in [0.05, 0.1) is 6.54 Å². The summed E-state index contributed by atoms with van der Waals surface area (Å²) in [6.07, 6.45) is 5.18. The molecule has 3 aliphatic heterocycles. The van der Waals surface area contributed by atoms with Crippen molar-refractivity contribution in [3.05, 3.63) is 76.5 Å². The molecule has 199 valence electrons. The molecule has 4 amide bonds.